The number of hydrogen-bond donors (Lipinski definition) is 1. The zero-order valence-corrected chi connectivity index (χ0v) is 18.0. The molecule has 0 bridgehead atoms. The van der Waals surface area contributed by atoms with Gasteiger partial charge in [0.2, 0.25) is 0 Å². The van der Waals surface area contributed by atoms with Crippen molar-refractivity contribution in [2.75, 3.05) is 31.6 Å². The maximum absolute atomic E-state index is 12.9. The third kappa shape index (κ3) is 7.86. The second-order valence-corrected chi connectivity index (χ2v) is 7.20. The van der Waals surface area contributed by atoms with Crippen LogP contribution in [0.25, 0.3) is 0 Å². The number of hydrogen-bond acceptors (Lipinski definition) is 3. The van der Waals surface area contributed by atoms with E-state index in [0.717, 1.165) is 15.7 Å². The number of nitrogens with zero attached hydrogens (tertiary/aromatic N) is 1. The largest absolute Gasteiger partial charge is 0.351 e. The van der Waals surface area contributed by atoms with Crippen molar-refractivity contribution in [3.05, 3.63) is 63.7 Å². The molecule has 2 rings (SSSR count). The van der Waals surface area contributed by atoms with Crippen molar-refractivity contribution in [2.45, 2.75) is 26.6 Å². The van der Waals surface area contributed by atoms with Crippen molar-refractivity contribution in [1.82, 2.24) is 4.90 Å². The predicted molar refractivity (Wildman–Crippen MR) is 117 cm³/mol. The lowest BCUT2D eigenvalue weighted by Gasteiger charge is -2.27. The fourth-order valence-corrected chi connectivity index (χ4v) is 2.99. The van der Waals surface area contributed by atoms with Crippen molar-refractivity contribution < 1.29 is 14.3 Å². The predicted octanol–water partition coefficient (Wildman–Crippen LogP) is 4.77. The average molecular weight is 482 g/mol. The quantitative estimate of drug-likeness (QED) is 0.392. The second-order valence-electron chi connectivity index (χ2n) is 5.96. The molecule has 146 valence electrons. The van der Waals surface area contributed by atoms with E-state index in [1.165, 1.54) is 5.56 Å². The molecular weight excluding hydrogens is 455 g/mol. The van der Waals surface area contributed by atoms with Crippen LogP contribution in [-0.2, 0) is 15.9 Å². The SMILES string of the molecule is CCOC(CN(CCc1ccccc1)C(=O)Nc1ccc(I)cc1)OCC. The zero-order chi connectivity index (χ0) is 19.5. The molecule has 2 aromatic rings. The molecule has 0 radical (unpaired) electrons. The molecule has 27 heavy (non-hydrogen) atoms. The molecule has 0 aliphatic rings. The highest BCUT2D eigenvalue weighted by Crippen LogP contribution is 2.13. The molecule has 0 aliphatic heterocycles. The van der Waals surface area contributed by atoms with Crippen LogP contribution in [0, 0.1) is 3.57 Å². The Hall–Kier alpha value is -1.64. The molecule has 0 saturated carbocycles. The molecule has 6 heteroatoms. The summed E-state index contributed by atoms with van der Waals surface area (Å²) in [5.74, 6) is 0. The Kier molecular flexibility index (Phi) is 9.58. The summed E-state index contributed by atoms with van der Waals surface area (Å²) >= 11 is 2.24. The Morgan fingerprint density at radius 1 is 1.04 bits per heavy atom. The number of urea groups is 1. The van der Waals surface area contributed by atoms with E-state index in [0.29, 0.717) is 26.3 Å². The molecule has 2 aromatic carbocycles. The Balaban J connectivity index is 2.06. The van der Waals surface area contributed by atoms with Gasteiger partial charge in [-0.05, 0) is 72.7 Å². The number of benzene rings is 2. The minimum Gasteiger partial charge on any atom is -0.351 e. The maximum Gasteiger partial charge on any atom is 0.322 e. The molecule has 0 atom stereocenters. The number of carbonyl (C=O) groups excluding carboxylic acids is 1. The first-order valence-corrected chi connectivity index (χ1v) is 10.3. The van der Waals surface area contributed by atoms with Crippen LogP contribution >= 0.6 is 22.6 Å². The lowest BCUT2D eigenvalue weighted by molar-refractivity contribution is -0.142. The number of amides is 2. The standard InChI is InChI=1S/C21H27IN2O3/c1-3-26-20(27-4-2)16-24(15-14-17-8-6-5-7-9-17)21(25)23-19-12-10-18(22)11-13-19/h5-13,20H,3-4,14-16H2,1-2H3,(H,23,25). The van der Waals surface area contributed by atoms with Gasteiger partial charge in [0.05, 0.1) is 6.54 Å². The van der Waals surface area contributed by atoms with Gasteiger partial charge in [0.15, 0.2) is 6.29 Å². The van der Waals surface area contributed by atoms with Gasteiger partial charge in [0, 0.05) is 29.0 Å². The van der Waals surface area contributed by atoms with Crippen LogP contribution in [0.4, 0.5) is 10.5 Å². The van der Waals surface area contributed by atoms with E-state index in [-0.39, 0.29) is 6.03 Å². The molecule has 0 unspecified atom stereocenters. The Labute approximate surface area is 175 Å². The van der Waals surface area contributed by atoms with Crippen LogP contribution in [0.2, 0.25) is 0 Å². The summed E-state index contributed by atoms with van der Waals surface area (Å²) in [5, 5.41) is 2.97. The number of nitrogens with one attached hydrogen (secondary N) is 1. The highest BCUT2D eigenvalue weighted by Gasteiger charge is 2.20. The normalized spacial score (nSPS) is 10.8. The van der Waals surface area contributed by atoms with Crippen molar-refractivity contribution >= 4 is 34.3 Å². The minimum absolute atomic E-state index is 0.156. The lowest BCUT2D eigenvalue weighted by Crippen LogP contribution is -2.43. The Bertz CT molecular complexity index is 674. The van der Waals surface area contributed by atoms with E-state index < -0.39 is 6.29 Å². The molecule has 5 nitrogen and oxygen atoms in total. The van der Waals surface area contributed by atoms with E-state index in [1.54, 1.807) is 4.90 Å². The summed E-state index contributed by atoms with van der Waals surface area (Å²) in [6.07, 6.45) is 0.338. The van der Waals surface area contributed by atoms with Gasteiger partial charge in [-0.15, -0.1) is 0 Å². The van der Waals surface area contributed by atoms with Gasteiger partial charge >= 0.3 is 6.03 Å². The first-order valence-electron chi connectivity index (χ1n) is 9.21. The summed E-state index contributed by atoms with van der Waals surface area (Å²) in [4.78, 5) is 14.6. The molecule has 0 fully saturated rings. The molecule has 2 amide bonds. The number of halogens is 1. The topological polar surface area (TPSA) is 50.8 Å². The van der Waals surface area contributed by atoms with Gasteiger partial charge in [-0.3, -0.25) is 0 Å². The average Bonchev–Trinajstić information content (AvgIpc) is 2.68. The van der Waals surface area contributed by atoms with Crippen LogP contribution in [-0.4, -0.2) is 43.5 Å². The Morgan fingerprint density at radius 2 is 1.67 bits per heavy atom. The molecular formula is C21H27IN2O3. The highest BCUT2D eigenvalue weighted by molar-refractivity contribution is 14.1. The minimum atomic E-state index is -0.432. The van der Waals surface area contributed by atoms with E-state index >= 15 is 0 Å². The summed E-state index contributed by atoms with van der Waals surface area (Å²) in [7, 11) is 0. The van der Waals surface area contributed by atoms with Gasteiger partial charge in [-0.1, -0.05) is 30.3 Å². The van der Waals surface area contributed by atoms with E-state index in [2.05, 4.69) is 40.0 Å². The first kappa shape index (κ1) is 21.7. The molecule has 1 N–H and O–H groups in total. The van der Waals surface area contributed by atoms with Crippen molar-refractivity contribution in [3.8, 4) is 0 Å². The molecule has 0 heterocycles. The van der Waals surface area contributed by atoms with Gasteiger partial charge in [0.1, 0.15) is 0 Å². The smallest absolute Gasteiger partial charge is 0.322 e. The maximum atomic E-state index is 12.9. The summed E-state index contributed by atoms with van der Waals surface area (Å²) < 4.78 is 12.4. The Morgan fingerprint density at radius 3 is 2.26 bits per heavy atom. The lowest BCUT2D eigenvalue weighted by atomic mass is 10.1. The van der Waals surface area contributed by atoms with E-state index in [4.69, 9.17) is 9.47 Å². The third-order valence-electron chi connectivity index (χ3n) is 3.97. The molecule has 0 aromatic heterocycles. The summed E-state index contributed by atoms with van der Waals surface area (Å²) in [6.45, 7) is 5.88. The van der Waals surface area contributed by atoms with Crippen LogP contribution in [0.15, 0.2) is 54.6 Å². The van der Waals surface area contributed by atoms with Gasteiger partial charge in [-0.2, -0.15) is 0 Å². The molecule has 0 saturated heterocycles. The fourth-order valence-electron chi connectivity index (χ4n) is 2.63. The molecule has 0 aliphatic carbocycles. The molecule has 0 spiro atoms. The van der Waals surface area contributed by atoms with Crippen molar-refractivity contribution in [1.29, 1.82) is 0 Å². The summed E-state index contributed by atoms with van der Waals surface area (Å²) in [5.41, 5.74) is 1.96. The van der Waals surface area contributed by atoms with Gasteiger partial charge < -0.3 is 19.7 Å². The van der Waals surface area contributed by atoms with E-state index in [1.807, 2.05) is 56.3 Å². The van der Waals surface area contributed by atoms with Crippen LogP contribution in [0.3, 0.4) is 0 Å². The van der Waals surface area contributed by atoms with Crippen LogP contribution in [0.5, 0.6) is 0 Å². The van der Waals surface area contributed by atoms with Crippen molar-refractivity contribution in [2.24, 2.45) is 0 Å². The van der Waals surface area contributed by atoms with Crippen LogP contribution < -0.4 is 5.32 Å². The second kappa shape index (κ2) is 11.9. The number of anilines is 1. The number of carbonyl (C=O) groups is 1. The first-order chi connectivity index (χ1) is 13.1. The third-order valence-corrected chi connectivity index (χ3v) is 4.69. The zero-order valence-electron chi connectivity index (χ0n) is 15.9. The van der Waals surface area contributed by atoms with Gasteiger partial charge in [-0.25, -0.2) is 4.79 Å². The monoisotopic (exact) mass is 482 g/mol. The van der Waals surface area contributed by atoms with E-state index in [9.17, 15) is 4.79 Å². The van der Waals surface area contributed by atoms with Crippen LogP contribution in [0.1, 0.15) is 19.4 Å². The van der Waals surface area contributed by atoms with Gasteiger partial charge in [0.25, 0.3) is 0 Å². The number of ether oxygens (including phenoxy) is 2. The fraction of sp³-hybridized carbons (Fsp3) is 0.381. The number of rotatable bonds is 10. The summed E-state index contributed by atoms with van der Waals surface area (Å²) in [6, 6.07) is 17.7. The highest BCUT2D eigenvalue weighted by atomic mass is 127. The van der Waals surface area contributed by atoms with Crippen molar-refractivity contribution in [3.63, 3.8) is 0 Å².